The summed E-state index contributed by atoms with van der Waals surface area (Å²) in [5.41, 5.74) is 0.691. The Labute approximate surface area is 117 Å². The van der Waals surface area contributed by atoms with Gasteiger partial charge < -0.3 is 14.6 Å². The van der Waals surface area contributed by atoms with Crippen molar-refractivity contribution < 1.29 is 9.90 Å². The van der Waals surface area contributed by atoms with Gasteiger partial charge in [0.15, 0.2) is 0 Å². The van der Waals surface area contributed by atoms with E-state index in [1.807, 2.05) is 16.8 Å². The van der Waals surface area contributed by atoms with Gasteiger partial charge in [-0.1, -0.05) is 6.92 Å². The van der Waals surface area contributed by atoms with Gasteiger partial charge in [0, 0.05) is 30.8 Å². The quantitative estimate of drug-likeness (QED) is 0.876. The second kappa shape index (κ2) is 6.95. The molecular weight excluding hydrogens is 296 g/mol. The van der Waals surface area contributed by atoms with Crippen molar-refractivity contribution in [1.29, 1.82) is 0 Å². The molecule has 1 N–H and O–H groups in total. The average Bonchev–Trinajstić information content (AvgIpc) is 2.66. The van der Waals surface area contributed by atoms with Crippen LogP contribution in [0.15, 0.2) is 16.7 Å². The highest BCUT2D eigenvalue weighted by Crippen LogP contribution is 2.17. The number of aliphatic hydroxyl groups is 1. The van der Waals surface area contributed by atoms with E-state index in [0.717, 1.165) is 17.4 Å². The van der Waals surface area contributed by atoms with Crippen LogP contribution in [-0.2, 0) is 6.54 Å². The number of halogens is 1. The van der Waals surface area contributed by atoms with E-state index in [1.54, 1.807) is 18.9 Å². The second-order valence-corrected chi connectivity index (χ2v) is 5.52. The molecular formula is C13H21BrN2O2. The molecule has 0 saturated heterocycles. The van der Waals surface area contributed by atoms with Crippen molar-refractivity contribution in [2.24, 2.45) is 0 Å². The van der Waals surface area contributed by atoms with Gasteiger partial charge in [0.1, 0.15) is 5.69 Å². The molecule has 0 aliphatic heterocycles. The zero-order valence-electron chi connectivity index (χ0n) is 11.2. The van der Waals surface area contributed by atoms with Gasteiger partial charge in [0.05, 0.1) is 6.10 Å². The first-order chi connectivity index (χ1) is 8.45. The number of hydrogen-bond donors (Lipinski definition) is 1. The minimum Gasteiger partial charge on any atom is -0.393 e. The molecule has 0 saturated carbocycles. The third-order valence-electron chi connectivity index (χ3n) is 2.78. The van der Waals surface area contributed by atoms with Crippen LogP contribution in [0.2, 0.25) is 0 Å². The van der Waals surface area contributed by atoms with E-state index in [0.29, 0.717) is 18.7 Å². The monoisotopic (exact) mass is 316 g/mol. The van der Waals surface area contributed by atoms with Crippen molar-refractivity contribution in [3.05, 3.63) is 22.4 Å². The second-order valence-electron chi connectivity index (χ2n) is 4.60. The Hall–Kier alpha value is -0.810. The van der Waals surface area contributed by atoms with Crippen LogP contribution in [0, 0.1) is 0 Å². The number of amides is 1. The third-order valence-corrected chi connectivity index (χ3v) is 3.21. The fraction of sp³-hybridized carbons (Fsp3) is 0.615. The molecule has 1 heterocycles. The van der Waals surface area contributed by atoms with Crippen molar-refractivity contribution >= 4 is 21.8 Å². The first-order valence-electron chi connectivity index (χ1n) is 6.25. The van der Waals surface area contributed by atoms with Gasteiger partial charge in [-0.2, -0.15) is 0 Å². The first kappa shape index (κ1) is 15.2. The minimum absolute atomic E-state index is 0.00481. The maximum atomic E-state index is 12.3. The summed E-state index contributed by atoms with van der Waals surface area (Å²) in [5.74, 6) is -0.00481. The summed E-state index contributed by atoms with van der Waals surface area (Å²) in [6, 6.07) is 1.84. The number of aryl methyl sites for hydroxylation is 1. The summed E-state index contributed by atoms with van der Waals surface area (Å²) >= 11 is 3.40. The van der Waals surface area contributed by atoms with E-state index in [9.17, 15) is 9.90 Å². The van der Waals surface area contributed by atoms with E-state index in [4.69, 9.17) is 0 Å². The van der Waals surface area contributed by atoms with Crippen LogP contribution >= 0.6 is 15.9 Å². The van der Waals surface area contributed by atoms with Crippen molar-refractivity contribution in [2.75, 3.05) is 13.6 Å². The van der Waals surface area contributed by atoms with E-state index < -0.39 is 0 Å². The van der Waals surface area contributed by atoms with Gasteiger partial charge in [0.25, 0.3) is 5.91 Å². The largest absolute Gasteiger partial charge is 0.393 e. The zero-order valence-corrected chi connectivity index (χ0v) is 12.8. The van der Waals surface area contributed by atoms with Gasteiger partial charge >= 0.3 is 0 Å². The van der Waals surface area contributed by atoms with E-state index in [2.05, 4.69) is 22.9 Å². The minimum atomic E-state index is -0.380. The molecule has 1 rings (SSSR count). The topological polar surface area (TPSA) is 45.5 Å². The molecule has 102 valence electrons. The van der Waals surface area contributed by atoms with Crippen LogP contribution in [0.4, 0.5) is 0 Å². The van der Waals surface area contributed by atoms with Crippen molar-refractivity contribution in [1.82, 2.24) is 9.47 Å². The predicted octanol–water partition coefficient (Wildman–Crippen LogP) is 2.50. The number of carbonyl (C=O) groups excluding carboxylic acids is 1. The lowest BCUT2D eigenvalue weighted by atomic mass is 10.2. The van der Waals surface area contributed by atoms with Gasteiger partial charge in [0.2, 0.25) is 0 Å². The molecule has 1 unspecified atom stereocenters. The summed E-state index contributed by atoms with van der Waals surface area (Å²) in [7, 11) is 1.77. The summed E-state index contributed by atoms with van der Waals surface area (Å²) in [4.78, 5) is 13.9. The predicted molar refractivity (Wildman–Crippen MR) is 75.7 cm³/mol. The Morgan fingerprint density at radius 1 is 1.61 bits per heavy atom. The Bertz CT molecular complexity index is 402. The molecule has 0 radical (unpaired) electrons. The molecule has 0 fully saturated rings. The Morgan fingerprint density at radius 3 is 2.83 bits per heavy atom. The molecule has 0 aliphatic carbocycles. The van der Waals surface area contributed by atoms with Crippen molar-refractivity contribution in [3.8, 4) is 0 Å². The molecule has 1 aromatic heterocycles. The highest BCUT2D eigenvalue weighted by Gasteiger charge is 2.17. The lowest BCUT2D eigenvalue weighted by Gasteiger charge is -2.19. The Kier molecular flexibility index (Phi) is 5.88. The normalized spacial score (nSPS) is 12.5. The molecule has 0 bridgehead atoms. The Morgan fingerprint density at radius 2 is 2.28 bits per heavy atom. The van der Waals surface area contributed by atoms with Crippen LogP contribution < -0.4 is 0 Å². The van der Waals surface area contributed by atoms with Crippen LogP contribution in [0.5, 0.6) is 0 Å². The summed E-state index contributed by atoms with van der Waals surface area (Å²) in [5, 5.41) is 9.25. The maximum Gasteiger partial charge on any atom is 0.270 e. The average molecular weight is 317 g/mol. The van der Waals surface area contributed by atoms with E-state index in [-0.39, 0.29) is 12.0 Å². The SMILES string of the molecule is CCCn1cc(Br)cc1C(=O)N(C)CCC(C)O. The van der Waals surface area contributed by atoms with E-state index >= 15 is 0 Å². The maximum absolute atomic E-state index is 12.3. The summed E-state index contributed by atoms with van der Waals surface area (Å²) in [6.07, 6.45) is 3.13. The zero-order chi connectivity index (χ0) is 13.7. The number of hydrogen-bond acceptors (Lipinski definition) is 2. The number of carbonyl (C=O) groups is 1. The molecule has 1 atom stereocenters. The van der Waals surface area contributed by atoms with Gasteiger partial charge in [-0.25, -0.2) is 0 Å². The molecule has 1 amide bonds. The molecule has 18 heavy (non-hydrogen) atoms. The Balaban J connectivity index is 2.76. The van der Waals surface area contributed by atoms with Crippen molar-refractivity contribution in [3.63, 3.8) is 0 Å². The molecule has 4 nitrogen and oxygen atoms in total. The summed E-state index contributed by atoms with van der Waals surface area (Å²) in [6.45, 7) is 5.20. The molecule has 0 spiro atoms. The van der Waals surface area contributed by atoms with Gasteiger partial charge in [-0.05, 0) is 41.8 Å². The third kappa shape index (κ3) is 4.14. The fourth-order valence-corrected chi connectivity index (χ4v) is 2.22. The van der Waals surface area contributed by atoms with Crippen LogP contribution in [-0.4, -0.2) is 40.2 Å². The highest BCUT2D eigenvalue weighted by atomic mass is 79.9. The molecule has 1 aromatic rings. The lowest BCUT2D eigenvalue weighted by molar-refractivity contribution is 0.0758. The number of aliphatic hydroxyl groups excluding tert-OH is 1. The van der Waals surface area contributed by atoms with Crippen molar-refractivity contribution in [2.45, 2.75) is 39.3 Å². The van der Waals surface area contributed by atoms with Crippen LogP contribution in [0.3, 0.4) is 0 Å². The number of aromatic nitrogens is 1. The molecule has 5 heteroatoms. The van der Waals surface area contributed by atoms with Gasteiger partial charge in [-0.15, -0.1) is 0 Å². The number of rotatable bonds is 6. The molecule has 0 aromatic carbocycles. The molecule has 0 aliphatic rings. The first-order valence-corrected chi connectivity index (χ1v) is 7.04. The standard InChI is InChI=1S/C13H21BrN2O2/c1-4-6-16-9-11(14)8-12(16)13(18)15(3)7-5-10(2)17/h8-10,17H,4-7H2,1-3H3. The highest BCUT2D eigenvalue weighted by molar-refractivity contribution is 9.10. The van der Waals surface area contributed by atoms with Crippen LogP contribution in [0.25, 0.3) is 0 Å². The smallest absolute Gasteiger partial charge is 0.270 e. The lowest BCUT2D eigenvalue weighted by Crippen LogP contribution is -2.31. The number of nitrogens with zero attached hydrogens (tertiary/aromatic N) is 2. The van der Waals surface area contributed by atoms with Crippen LogP contribution in [0.1, 0.15) is 37.2 Å². The van der Waals surface area contributed by atoms with Gasteiger partial charge in [-0.3, -0.25) is 4.79 Å². The summed E-state index contributed by atoms with van der Waals surface area (Å²) < 4.78 is 2.88. The fourth-order valence-electron chi connectivity index (χ4n) is 1.76. The van der Waals surface area contributed by atoms with E-state index in [1.165, 1.54) is 0 Å².